The number of likely N-dealkylation sites (tertiary alicyclic amines) is 1. The molecular weight excluding hydrogens is 328 g/mol. The molecule has 0 aliphatic carbocycles. The summed E-state index contributed by atoms with van der Waals surface area (Å²) in [4.78, 5) is 28.3. The molecule has 1 atom stereocenters. The van der Waals surface area contributed by atoms with Crippen LogP contribution in [-0.4, -0.2) is 32.3 Å². The van der Waals surface area contributed by atoms with Gasteiger partial charge in [-0.3, -0.25) is 9.59 Å². The van der Waals surface area contributed by atoms with Crippen LogP contribution < -0.4 is 5.56 Å². The predicted octanol–water partition coefficient (Wildman–Crippen LogP) is 2.27. The number of rotatable bonds is 2. The van der Waals surface area contributed by atoms with Crippen molar-refractivity contribution in [2.24, 2.45) is 7.05 Å². The third kappa shape index (κ3) is 2.17. The maximum absolute atomic E-state index is 13.2. The van der Waals surface area contributed by atoms with Crippen LogP contribution in [0.4, 0.5) is 0 Å². The van der Waals surface area contributed by atoms with E-state index in [-0.39, 0.29) is 28.7 Å². The Morgan fingerprint density at radius 3 is 3.04 bits per heavy atom. The standard InChI is InChI=1S/C16H16N4O3S/c1-9-12-13(17-19(2)15(21)14(12)18-23-9)16(22)20-7-3-5-10(20)11-6-4-8-24-11/h4,6,8,10H,3,5,7H2,1-2H3/t10-/m1/s1. The molecule has 8 heteroatoms. The zero-order valence-corrected chi connectivity index (χ0v) is 14.2. The molecule has 0 N–H and O–H groups in total. The summed E-state index contributed by atoms with van der Waals surface area (Å²) >= 11 is 1.65. The van der Waals surface area contributed by atoms with Gasteiger partial charge in [0.05, 0.1) is 11.4 Å². The lowest BCUT2D eigenvalue weighted by Crippen LogP contribution is -2.33. The number of carbonyl (C=O) groups excluding carboxylic acids is 1. The van der Waals surface area contributed by atoms with Crippen molar-refractivity contribution in [1.29, 1.82) is 0 Å². The maximum atomic E-state index is 13.2. The summed E-state index contributed by atoms with van der Waals surface area (Å²) in [6, 6.07) is 4.11. The van der Waals surface area contributed by atoms with Gasteiger partial charge in [-0.25, -0.2) is 4.68 Å². The second-order valence-corrected chi connectivity index (χ2v) is 6.89. The van der Waals surface area contributed by atoms with E-state index < -0.39 is 0 Å². The van der Waals surface area contributed by atoms with Gasteiger partial charge in [-0.15, -0.1) is 11.3 Å². The molecule has 4 heterocycles. The topological polar surface area (TPSA) is 81.2 Å². The molecule has 3 aromatic heterocycles. The number of amides is 1. The Balaban J connectivity index is 1.83. The first-order valence-electron chi connectivity index (χ1n) is 7.75. The Morgan fingerprint density at radius 1 is 1.46 bits per heavy atom. The SMILES string of the molecule is Cc1onc2c(=O)n(C)nc(C(=O)N3CCC[C@@H]3c3cccs3)c12. The van der Waals surface area contributed by atoms with Gasteiger partial charge in [0.2, 0.25) is 0 Å². The Hall–Kier alpha value is -2.48. The summed E-state index contributed by atoms with van der Waals surface area (Å²) < 4.78 is 6.28. The molecule has 0 bridgehead atoms. The predicted molar refractivity (Wildman–Crippen MR) is 89.1 cm³/mol. The largest absolute Gasteiger partial charge is 0.360 e. The zero-order valence-electron chi connectivity index (χ0n) is 13.4. The smallest absolute Gasteiger partial charge is 0.296 e. The van der Waals surface area contributed by atoms with Crippen LogP contribution in [0.1, 0.15) is 40.0 Å². The summed E-state index contributed by atoms with van der Waals surface area (Å²) in [5.74, 6) is 0.253. The van der Waals surface area contributed by atoms with Crippen LogP contribution in [0.5, 0.6) is 0 Å². The van der Waals surface area contributed by atoms with E-state index in [1.54, 1.807) is 18.3 Å². The Morgan fingerprint density at radius 2 is 2.29 bits per heavy atom. The van der Waals surface area contributed by atoms with Crippen molar-refractivity contribution < 1.29 is 9.32 Å². The fourth-order valence-corrected chi connectivity index (χ4v) is 4.14. The number of hydrogen-bond acceptors (Lipinski definition) is 6. The van der Waals surface area contributed by atoms with E-state index in [2.05, 4.69) is 16.3 Å². The number of fused-ring (bicyclic) bond motifs is 1. The normalized spacial score (nSPS) is 17.8. The van der Waals surface area contributed by atoms with Gasteiger partial charge in [-0.05, 0) is 31.2 Å². The highest BCUT2D eigenvalue weighted by Crippen LogP contribution is 2.36. The van der Waals surface area contributed by atoms with Gasteiger partial charge in [-0.2, -0.15) is 5.10 Å². The van der Waals surface area contributed by atoms with Gasteiger partial charge >= 0.3 is 0 Å². The molecule has 0 unspecified atom stereocenters. The van der Waals surface area contributed by atoms with Gasteiger partial charge in [0.25, 0.3) is 11.5 Å². The van der Waals surface area contributed by atoms with Crippen molar-refractivity contribution in [3.05, 3.63) is 44.2 Å². The molecule has 3 aromatic rings. The average Bonchev–Trinajstić information content (AvgIpc) is 3.29. The molecule has 1 saturated heterocycles. The Bertz CT molecular complexity index is 973. The minimum Gasteiger partial charge on any atom is -0.360 e. The van der Waals surface area contributed by atoms with Crippen LogP contribution in [0.2, 0.25) is 0 Å². The molecule has 1 fully saturated rings. The molecule has 0 radical (unpaired) electrons. The van der Waals surface area contributed by atoms with Crippen LogP contribution in [0.25, 0.3) is 10.9 Å². The molecule has 1 amide bonds. The molecule has 24 heavy (non-hydrogen) atoms. The van der Waals surface area contributed by atoms with E-state index in [4.69, 9.17) is 4.52 Å². The van der Waals surface area contributed by atoms with Crippen molar-refractivity contribution in [3.63, 3.8) is 0 Å². The van der Waals surface area contributed by atoms with E-state index >= 15 is 0 Å². The van der Waals surface area contributed by atoms with Crippen molar-refractivity contribution in [1.82, 2.24) is 19.8 Å². The third-order valence-corrected chi connectivity index (χ3v) is 5.41. The van der Waals surface area contributed by atoms with Gasteiger partial charge in [-0.1, -0.05) is 11.2 Å². The maximum Gasteiger partial charge on any atom is 0.296 e. The van der Waals surface area contributed by atoms with Crippen LogP contribution >= 0.6 is 11.3 Å². The van der Waals surface area contributed by atoms with Gasteiger partial charge < -0.3 is 9.42 Å². The molecule has 0 spiro atoms. The molecule has 1 aliphatic heterocycles. The third-order valence-electron chi connectivity index (χ3n) is 4.43. The Kier molecular flexibility index (Phi) is 3.49. The number of thiophene rings is 1. The van der Waals surface area contributed by atoms with Crippen LogP contribution in [0, 0.1) is 6.92 Å². The summed E-state index contributed by atoms with van der Waals surface area (Å²) in [7, 11) is 1.52. The lowest BCUT2D eigenvalue weighted by Gasteiger charge is -2.23. The van der Waals surface area contributed by atoms with Gasteiger partial charge in [0.1, 0.15) is 5.76 Å². The number of carbonyl (C=O) groups is 1. The summed E-state index contributed by atoms with van der Waals surface area (Å²) in [6.07, 6.45) is 1.88. The van der Waals surface area contributed by atoms with E-state index in [9.17, 15) is 9.59 Å². The lowest BCUT2D eigenvalue weighted by atomic mass is 10.1. The minimum atomic E-state index is -0.366. The monoisotopic (exact) mass is 344 g/mol. The summed E-state index contributed by atoms with van der Waals surface area (Å²) in [5.41, 5.74) is 0.0177. The first-order chi connectivity index (χ1) is 11.6. The molecule has 7 nitrogen and oxygen atoms in total. The summed E-state index contributed by atoms with van der Waals surface area (Å²) in [5, 5.41) is 10.4. The lowest BCUT2D eigenvalue weighted by molar-refractivity contribution is 0.0731. The highest BCUT2D eigenvalue weighted by Gasteiger charge is 2.34. The number of aromatic nitrogens is 3. The molecule has 0 saturated carbocycles. The number of nitrogens with zero attached hydrogens (tertiary/aromatic N) is 4. The van der Waals surface area contributed by atoms with Gasteiger partial charge in [0.15, 0.2) is 11.2 Å². The van der Waals surface area contributed by atoms with Gasteiger partial charge in [0, 0.05) is 18.5 Å². The number of hydrogen-bond donors (Lipinski definition) is 0. The van der Waals surface area contributed by atoms with Crippen molar-refractivity contribution in [2.75, 3.05) is 6.54 Å². The van der Waals surface area contributed by atoms with Crippen LogP contribution in [0.3, 0.4) is 0 Å². The zero-order chi connectivity index (χ0) is 16.8. The highest BCUT2D eigenvalue weighted by atomic mass is 32.1. The quantitative estimate of drug-likeness (QED) is 0.712. The average molecular weight is 344 g/mol. The molecular formula is C16H16N4O3S. The van der Waals surface area contributed by atoms with E-state index in [1.165, 1.54) is 11.9 Å². The molecule has 124 valence electrons. The van der Waals surface area contributed by atoms with E-state index in [0.29, 0.717) is 17.7 Å². The Labute approximate surface area is 141 Å². The fraction of sp³-hybridized carbons (Fsp3) is 0.375. The second kappa shape index (κ2) is 5.55. The first kappa shape index (κ1) is 15.1. The van der Waals surface area contributed by atoms with E-state index in [1.807, 2.05) is 16.3 Å². The van der Waals surface area contributed by atoms with Crippen molar-refractivity contribution in [2.45, 2.75) is 25.8 Å². The van der Waals surface area contributed by atoms with Crippen molar-refractivity contribution >= 4 is 28.1 Å². The van der Waals surface area contributed by atoms with Crippen LogP contribution in [-0.2, 0) is 7.05 Å². The molecule has 0 aromatic carbocycles. The van der Waals surface area contributed by atoms with Crippen LogP contribution in [0.15, 0.2) is 26.8 Å². The minimum absolute atomic E-state index is 0.0618. The second-order valence-electron chi connectivity index (χ2n) is 5.91. The molecule has 4 rings (SSSR count). The fourth-order valence-electron chi connectivity index (χ4n) is 3.27. The van der Waals surface area contributed by atoms with E-state index in [0.717, 1.165) is 17.5 Å². The van der Waals surface area contributed by atoms with Crippen molar-refractivity contribution in [3.8, 4) is 0 Å². The first-order valence-corrected chi connectivity index (χ1v) is 8.63. The highest BCUT2D eigenvalue weighted by molar-refractivity contribution is 7.10. The molecule has 1 aliphatic rings. The number of aryl methyl sites for hydroxylation is 2. The summed E-state index contributed by atoms with van der Waals surface area (Å²) in [6.45, 7) is 2.37.